The molecule has 0 unspecified atom stereocenters. The van der Waals surface area contributed by atoms with Crippen molar-refractivity contribution < 1.29 is 13.6 Å². The van der Waals surface area contributed by atoms with E-state index in [4.69, 9.17) is 13.6 Å². The third-order valence-electron chi connectivity index (χ3n) is 3.39. The molecule has 0 spiro atoms. The predicted octanol–water partition coefficient (Wildman–Crippen LogP) is 3.85. The molecule has 0 bridgehead atoms. The quantitative estimate of drug-likeness (QED) is 0.716. The van der Waals surface area contributed by atoms with Crippen LogP contribution < -0.4 is 5.32 Å². The van der Waals surface area contributed by atoms with Crippen molar-refractivity contribution in [2.45, 2.75) is 26.7 Å². The van der Waals surface area contributed by atoms with Crippen molar-refractivity contribution in [1.29, 1.82) is 0 Å². The van der Waals surface area contributed by atoms with Crippen LogP contribution in [0.2, 0.25) is 0 Å². The molecular weight excluding hydrogens is 266 g/mol. The maximum absolute atomic E-state index is 5.92. The van der Waals surface area contributed by atoms with Gasteiger partial charge in [-0.25, -0.2) is 0 Å². The van der Waals surface area contributed by atoms with Gasteiger partial charge in [0.05, 0.1) is 19.4 Å². The zero-order chi connectivity index (χ0) is 14.5. The fourth-order valence-corrected chi connectivity index (χ4v) is 2.34. The average Bonchev–Trinajstić information content (AvgIpc) is 3.13. The molecule has 21 heavy (non-hydrogen) atoms. The van der Waals surface area contributed by atoms with Crippen molar-refractivity contribution in [3.8, 4) is 0 Å². The van der Waals surface area contributed by atoms with E-state index in [1.165, 1.54) is 0 Å². The summed E-state index contributed by atoms with van der Waals surface area (Å²) >= 11 is 0. The molecule has 2 heterocycles. The summed E-state index contributed by atoms with van der Waals surface area (Å²) in [6.45, 7) is 4.68. The largest absolute Gasteiger partial charge is 0.467 e. The summed E-state index contributed by atoms with van der Waals surface area (Å²) in [5.41, 5.74) is 2.01. The van der Waals surface area contributed by atoms with E-state index in [0.717, 1.165) is 34.6 Å². The summed E-state index contributed by atoms with van der Waals surface area (Å²) in [6, 6.07) is 11.8. The highest BCUT2D eigenvalue weighted by atomic mass is 16.5. The molecule has 0 saturated carbocycles. The van der Waals surface area contributed by atoms with E-state index in [2.05, 4.69) is 18.3 Å². The lowest BCUT2D eigenvalue weighted by Gasteiger charge is -2.05. The lowest BCUT2D eigenvalue weighted by atomic mass is 10.1. The van der Waals surface area contributed by atoms with Crippen LogP contribution in [0.25, 0.3) is 11.0 Å². The van der Waals surface area contributed by atoms with Gasteiger partial charge in [0.1, 0.15) is 23.7 Å². The second-order valence-electron chi connectivity index (χ2n) is 4.85. The molecule has 1 aromatic carbocycles. The average molecular weight is 285 g/mol. The van der Waals surface area contributed by atoms with E-state index in [9.17, 15) is 0 Å². The van der Waals surface area contributed by atoms with Gasteiger partial charge in [0.2, 0.25) is 0 Å². The number of rotatable bonds is 7. The Morgan fingerprint density at radius 3 is 2.81 bits per heavy atom. The molecule has 0 aliphatic carbocycles. The highest BCUT2D eigenvalue weighted by Crippen LogP contribution is 2.26. The zero-order valence-corrected chi connectivity index (χ0v) is 12.1. The first-order valence-electron chi connectivity index (χ1n) is 7.18. The number of furan rings is 2. The van der Waals surface area contributed by atoms with Crippen molar-refractivity contribution in [2.24, 2.45) is 0 Å². The fourth-order valence-electron chi connectivity index (χ4n) is 2.34. The minimum absolute atomic E-state index is 0.465. The van der Waals surface area contributed by atoms with Crippen LogP contribution in [0.3, 0.4) is 0 Å². The Balaban J connectivity index is 1.77. The molecule has 3 aromatic rings. The van der Waals surface area contributed by atoms with Gasteiger partial charge in [0.15, 0.2) is 0 Å². The van der Waals surface area contributed by atoms with E-state index in [-0.39, 0.29) is 0 Å². The maximum Gasteiger partial charge on any atom is 0.134 e. The van der Waals surface area contributed by atoms with Gasteiger partial charge in [0.25, 0.3) is 0 Å². The van der Waals surface area contributed by atoms with Crippen LogP contribution in [0.1, 0.15) is 24.0 Å². The minimum Gasteiger partial charge on any atom is -0.467 e. The van der Waals surface area contributed by atoms with E-state index in [0.29, 0.717) is 19.8 Å². The van der Waals surface area contributed by atoms with Crippen molar-refractivity contribution in [1.82, 2.24) is 5.32 Å². The first-order chi connectivity index (χ1) is 10.4. The summed E-state index contributed by atoms with van der Waals surface area (Å²) in [5.74, 6) is 1.77. The van der Waals surface area contributed by atoms with Crippen LogP contribution in [-0.4, -0.2) is 6.54 Å². The lowest BCUT2D eigenvalue weighted by Crippen LogP contribution is -2.12. The van der Waals surface area contributed by atoms with Gasteiger partial charge in [-0.2, -0.15) is 0 Å². The Morgan fingerprint density at radius 1 is 1.10 bits per heavy atom. The number of fused-ring (bicyclic) bond motifs is 1. The summed E-state index contributed by atoms with van der Waals surface area (Å²) in [4.78, 5) is 0. The number of ether oxygens (including phenoxy) is 1. The second-order valence-corrected chi connectivity index (χ2v) is 4.85. The third-order valence-corrected chi connectivity index (χ3v) is 3.39. The summed E-state index contributed by atoms with van der Waals surface area (Å²) in [5, 5.41) is 4.42. The maximum atomic E-state index is 5.92. The summed E-state index contributed by atoms with van der Waals surface area (Å²) in [7, 11) is 0. The zero-order valence-electron chi connectivity index (χ0n) is 12.1. The molecule has 4 heteroatoms. The van der Waals surface area contributed by atoms with Crippen LogP contribution in [0.5, 0.6) is 0 Å². The fraction of sp³-hybridized carbons (Fsp3) is 0.294. The highest BCUT2D eigenvalue weighted by Gasteiger charge is 2.13. The first kappa shape index (κ1) is 13.9. The summed E-state index contributed by atoms with van der Waals surface area (Å²) in [6.07, 6.45) is 1.66. The smallest absolute Gasteiger partial charge is 0.134 e. The second kappa shape index (κ2) is 6.61. The van der Waals surface area contributed by atoms with Crippen molar-refractivity contribution in [3.05, 3.63) is 59.7 Å². The Labute approximate surface area is 123 Å². The molecule has 0 radical (unpaired) electrons. The van der Waals surface area contributed by atoms with Gasteiger partial charge in [0, 0.05) is 10.9 Å². The van der Waals surface area contributed by atoms with Crippen LogP contribution in [0.4, 0.5) is 0 Å². The number of hydrogen-bond acceptors (Lipinski definition) is 4. The molecule has 0 aliphatic heterocycles. The van der Waals surface area contributed by atoms with E-state index >= 15 is 0 Å². The number of hydrogen-bond donors (Lipinski definition) is 1. The number of para-hydroxylation sites is 1. The van der Waals surface area contributed by atoms with Crippen LogP contribution in [0, 0.1) is 0 Å². The summed E-state index contributed by atoms with van der Waals surface area (Å²) < 4.78 is 17.0. The number of nitrogens with one attached hydrogen (secondary N) is 1. The highest BCUT2D eigenvalue weighted by molar-refractivity contribution is 5.82. The van der Waals surface area contributed by atoms with Gasteiger partial charge < -0.3 is 18.9 Å². The number of benzene rings is 1. The van der Waals surface area contributed by atoms with Gasteiger partial charge in [-0.15, -0.1) is 0 Å². The monoisotopic (exact) mass is 285 g/mol. The SMILES string of the molecule is CCNCc1oc2ccccc2c1COCc1ccco1. The van der Waals surface area contributed by atoms with Crippen molar-refractivity contribution in [2.75, 3.05) is 6.54 Å². The molecule has 0 atom stereocenters. The van der Waals surface area contributed by atoms with Gasteiger partial charge >= 0.3 is 0 Å². The molecule has 1 N–H and O–H groups in total. The Kier molecular flexibility index (Phi) is 4.38. The molecule has 0 aliphatic rings. The molecule has 0 saturated heterocycles. The predicted molar refractivity (Wildman–Crippen MR) is 80.8 cm³/mol. The first-order valence-corrected chi connectivity index (χ1v) is 7.18. The van der Waals surface area contributed by atoms with Crippen LogP contribution in [-0.2, 0) is 24.5 Å². The molecule has 2 aromatic heterocycles. The lowest BCUT2D eigenvalue weighted by molar-refractivity contribution is 0.0924. The van der Waals surface area contributed by atoms with Crippen LogP contribution >= 0.6 is 0 Å². The molecule has 4 nitrogen and oxygen atoms in total. The van der Waals surface area contributed by atoms with Gasteiger partial charge in [-0.1, -0.05) is 25.1 Å². The third kappa shape index (κ3) is 3.17. The topological polar surface area (TPSA) is 47.5 Å². The van der Waals surface area contributed by atoms with E-state index < -0.39 is 0 Å². The molecule has 110 valence electrons. The van der Waals surface area contributed by atoms with Crippen molar-refractivity contribution in [3.63, 3.8) is 0 Å². The van der Waals surface area contributed by atoms with Gasteiger partial charge in [-0.3, -0.25) is 0 Å². The molecular formula is C17H19NO3. The standard InChI is InChI=1S/C17H19NO3/c1-2-18-10-17-15(12-19-11-13-6-5-9-20-13)14-7-3-4-8-16(14)21-17/h3-9,18H,2,10-12H2,1H3. The molecule has 0 fully saturated rings. The van der Waals surface area contributed by atoms with E-state index in [1.54, 1.807) is 6.26 Å². The molecule has 0 amide bonds. The van der Waals surface area contributed by atoms with Crippen molar-refractivity contribution >= 4 is 11.0 Å². The normalized spacial score (nSPS) is 11.3. The van der Waals surface area contributed by atoms with Crippen LogP contribution in [0.15, 0.2) is 51.5 Å². The van der Waals surface area contributed by atoms with E-state index in [1.807, 2.05) is 30.3 Å². The Bertz CT molecular complexity index is 685. The molecule has 3 rings (SSSR count). The Morgan fingerprint density at radius 2 is 2.00 bits per heavy atom. The van der Waals surface area contributed by atoms with Gasteiger partial charge in [-0.05, 0) is 24.7 Å². The minimum atomic E-state index is 0.465. The Hall–Kier alpha value is -2.04.